The average Bonchev–Trinajstić information content (AvgIpc) is 2.71. The fourth-order valence-electron chi connectivity index (χ4n) is 3.10. The van der Waals surface area contributed by atoms with E-state index < -0.39 is 0 Å². The van der Waals surface area contributed by atoms with Gasteiger partial charge in [0.05, 0.1) is 0 Å². The third-order valence-corrected chi connectivity index (χ3v) is 4.00. The quantitative estimate of drug-likeness (QED) is 0.687. The van der Waals surface area contributed by atoms with Crippen molar-refractivity contribution < 1.29 is 4.79 Å². The van der Waals surface area contributed by atoms with E-state index in [0.29, 0.717) is 17.9 Å². The number of hydrogen-bond acceptors (Lipinski definition) is 1. The molecule has 3 saturated carbocycles. The van der Waals surface area contributed by atoms with Crippen molar-refractivity contribution in [2.24, 2.45) is 17.8 Å². The summed E-state index contributed by atoms with van der Waals surface area (Å²) in [6.07, 6.45) is 7.65. The van der Waals surface area contributed by atoms with Gasteiger partial charge in [-0.1, -0.05) is 6.42 Å². The van der Waals surface area contributed by atoms with Gasteiger partial charge in [-0.3, -0.25) is 4.79 Å². The van der Waals surface area contributed by atoms with Crippen LogP contribution in [0.1, 0.15) is 38.5 Å². The Bertz CT molecular complexity index is 234. The Morgan fingerprint density at radius 1 is 1.08 bits per heavy atom. The van der Waals surface area contributed by atoms with Crippen LogP contribution in [-0.2, 0) is 4.79 Å². The summed E-state index contributed by atoms with van der Waals surface area (Å²) in [5.74, 6) is 2.39. The molecule has 0 aromatic rings. The molecular weight excluding hydrogens is 162 g/mol. The van der Waals surface area contributed by atoms with Gasteiger partial charge in [-0.15, -0.1) is 0 Å². The molecule has 3 atom stereocenters. The van der Waals surface area contributed by atoms with Crippen LogP contribution in [0.5, 0.6) is 0 Å². The predicted octanol–water partition coefficient (Wildman–Crippen LogP) is 1.70. The standard InChI is InChI=1S/C11H17NO/c13-11(12-9-3-4-9)10-6-7-1-2-8(10)5-7/h7-10H,1-6H2,(H,12,13)/t7-,8+,10-/m0/s1. The highest BCUT2D eigenvalue weighted by molar-refractivity contribution is 5.80. The van der Waals surface area contributed by atoms with Crippen LogP contribution in [-0.4, -0.2) is 11.9 Å². The minimum Gasteiger partial charge on any atom is -0.353 e. The van der Waals surface area contributed by atoms with Crippen LogP contribution in [0.2, 0.25) is 0 Å². The maximum Gasteiger partial charge on any atom is 0.223 e. The van der Waals surface area contributed by atoms with E-state index in [9.17, 15) is 4.79 Å². The summed E-state index contributed by atoms with van der Waals surface area (Å²) in [7, 11) is 0. The number of amides is 1. The van der Waals surface area contributed by atoms with E-state index in [1.807, 2.05) is 0 Å². The lowest BCUT2D eigenvalue weighted by Crippen LogP contribution is -2.34. The molecule has 2 bridgehead atoms. The monoisotopic (exact) mass is 179 g/mol. The zero-order valence-corrected chi connectivity index (χ0v) is 7.96. The molecule has 0 aliphatic heterocycles. The fraction of sp³-hybridized carbons (Fsp3) is 0.909. The van der Waals surface area contributed by atoms with Gasteiger partial charge in [0, 0.05) is 12.0 Å². The summed E-state index contributed by atoms with van der Waals surface area (Å²) in [5, 5.41) is 3.14. The first kappa shape index (κ1) is 7.84. The molecule has 0 radical (unpaired) electrons. The van der Waals surface area contributed by atoms with Crippen LogP contribution in [0.4, 0.5) is 0 Å². The Hall–Kier alpha value is -0.530. The van der Waals surface area contributed by atoms with Crippen molar-refractivity contribution in [2.75, 3.05) is 0 Å². The largest absolute Gasteiger partial charge is 0.353 e. The molecule has 72 valence electrons. The molecule has 13 heavy (non-hydrogen) atoms. The van der Waals surface area contributed by atoms with Crippen LogP contribution in [0.15, 0.2) is 0 Å². The molecule has 2 heteroatoms. The lowest BCUT2D eigenvalue weighted by atomic mass is 9.88. The Labute approximate surface area is 79.1 Å². The molecule has 0 aromatic heterocycles. The number of carbonyl (C=O) groups is 1. The van der Waals surface area contributed by atoms with Crippen molar-refractivity contribution in [3.05, 3.63) is 0 Å². The van der Waals surface area contributed by atoms with Gasteiger partial charge in [0.25, 0.3) is 0 Å². The number of fused-ring (bicyclic) bond motifs is 2. The maximum atomic E-state index is 11.8. The molecule has 0 spiro atoms. The highest BCUT2D eigenvalue weighted by Gasteiger charge is 2.43. The molecule has 3 fully saturated rings. The van der Waals surface area contributed by atoms with Crippen molar-refractivity contribution in [1.29, 1.82) is 0 Å². The van der Waals surface area contributed by atoms with E-state index in [0.717, 1.165) is 11.8 Å². The van der Waals surface area contributed by atoms with E-state index in [4.69, 9.17) is 0 Å². The SMILES string of the molecule is O=C(NC1CC1)[C@H]1C[C@H]2CC[C@@H]1C2. The summed E-state index contributed by atoms with van der Waals surface area (Å²) >= 11 is 0. The third kappa shape index (κ3) is 1.36. The van der Waals surface area contributed by atoms with Crippen molar-refractivity contribution in [2.45, 2.75) is 44.6 Å². The van der Waals surface area contributed by atoms with E-state index in [-0.39, 0.29) is 0 Å². The maximum absolute atomic E-state index is 11.8. The Morgan fingerprint density at radius 2 is 1.92 bits per heavy atom. The minimum atomic E-state index is 0.370. The van der Waals surface area contributed by atoms with E-state index in [2.05, 4.69) is 5.32 Å². The van der Waals surface area contributed by atoms with Crippen LogP contribution in [0.25, 0.3) is 0 Å². The fourth-order valence-corrected chi connectivity index (χ4v) is 3.10. The normalized spacial score (nSPS) is 42.3. The number of carbonyl (C=O) groups excluding carboxylic acids is 1. The number of hydrogen-bond donors (Lipinski definition) is 1. The molecule has 0 heterocycles. The molecule has 1 N–H and O–H groups in total. The van der Waals surface area contributed by atoms with Crippen molar-refractivity contribution >= 4 is 5.91 Å². The number of nitrogens with one attached hydrogen (secondary N) is 1. The lowest BCUT2D eigenvalue weighted by molar-refractivity contribution is -0.126. The van der Waals surface area contributed by atoms with Gasteiger partial charge in [0.2, 0.25) is 5.91 Å². The average molecular weight is 179 g/mol. The topological polar surface area (TPSA) is 29.1 Å². The van der Waals surface area contributed by atoms with Gasteiger partial charge in [-0.25, -0.2) is 0 Å². The summed E-state index contributed by atoms with van der Waals surface area (Å²) in [5.41, 5.74) is 0. The number of rotatable bonds is 2. The van der Waals surface area contributed by atoms with Crippen molar-refractivity contribution in [1.82, 2.24) is 5.32 Å². The molecule has 0 unspecified atom stereocenters. The van der Waals surface area contributed by atoms with Crippen molar-refractivity contribution in [3.8, 4) is 0 Å². The Morgan fingerprint density at radius 3 is 2.46 bits per heavy atom. The van der Waals surface area contributed by atoms with Crippen LogP contribution in [0, 0.1) is 17.8 Å². The summed E-state index contributed by atoms with van der Waals surface area (Å²) in [6.45, 7) is 0. The Kier molecular flexibility index (Phi) is 1.64. The van der Waals surface area contributed by atoms with E-state index in [1.54, 1.807) is 0 Å². The summed E-state index contributed by atoms with van der Waals surface area (Å²) in [6, 6.07) is 0.548. The van der Waals surface area contributed by atoms with Gasteiger partial charge in [-0.2, -0.15) is 0 Å². The minimum absolute atomic E-state index is 0.370. The highest BCUT2D eigenvalue weighted by atomic mass is 16.2. The molecule has 0 saturated heterocycles. The zero-order valence-electron chi connectivity index (χ0n) is 7.96. The Balaban J connectivity index is 1.61. The molecule has 3 aliphatic carbocycles. The highest BCUT2D eigenvalue weighted by Crippen LogP contribution is 2.48. The second-order valence-corrected chi connectivity index (χ2v) is 5.06. The second kappa shape index (κ2) is 2.73. The first-order valence-corrected chi connectivity index (χ1v) is 5.63. The van der Waals surface area contributed by atoms with E-state index >= 15 is 0 Å². The van der Waals surface area contributed by atoms with Crippen LogP contribution < -0.4 is 5.32 Å². The first-order chi connectivity index (χ1) is 6.33. The van der Waals surface area contributed by atoms with Gasteiger partial charge in [-0.05, 0) is 43.9 Å². The van der Waals surface area contributed by atoms with Gasteiger partial charge in [0.15, 0.2) is 0 Å². The molecular formula is C11H17NO. The van der Waals surface area contributed by atoms with Gasteiger partial charge >= 0.3 is 0 Å². The second-order valence-electron chi connectivity index (χ2n) is 5.06. The molecule has 3 rings (SSSR count). The van der Waals surface area contributed by atoms with Gasteiger partial charge in [0.1, 0.15) is 0 Å². The summed E-state index contributed by atoms with van der Waals surface area (Å²) < 4.78 is 0. The summed E-state index contributed by atoms with van der Waals surface area (Å²) in [4.78, 5) is 11.8. The molecule has 2 nitrogen and oxygen atoms in total. The molecule has 1 amide bonds. The third-order valence-electron chi connectivity index (χ3n) is 4.00. The van der Waals surface area contributed by atoms with E-state index in [1.165, 1.54) is 38.5 Å². The van der Waals surface area contributed by atoms with Crippen LogP contribution in [0.3, 0.4) is 0 Å². The molecule has 0 aromatic carbocycles. The first-order valence-electron chi connectivity index (χ1n) is 5.63. The smallest absolute Gasteiger partial charge is 0.223 e. The molecule has 3 aliphatic rings. The predicted molar refractivity (Wildman–Crippen MR) is 50.1 cm³/mol. The van der Waals surface area contributed by atoms with Crippen LogP contribution >= 0.6 is 0 Å². The van der Waals surface area contributed by atoms with Gasteiger partial charge < -0.3 is 5.32 Å². The van der Waals surface area contributed by atoms with Crippen molar-refractivity contribution in [3.63, 3.8) is 0 Å². The zero-order chi connectivity index (χ0) is 8.84. The lowest BCUT2D eigenvalue weighted by Gasteiger charge is -2.20.